The molecule has 0 saturated carbocycles. The normalized spacial score (nSPS) is 11.1. The van der Waals surface area contributed by atoms with Gasteiger partial charge in [0, 0.05) is 30.9 Å². The third-order valence-corrected chi connectivity index (χ3v) is 5.02. The maximum absolute atomic E-state index is 13.1. The largest absolute Gasteiger partial charge is 0.467 e. The Balaban J connectivity index is 1.55. The summed E-state index contributed by atoms with van der Waals surface area (Å²) < 4.78 is 8.92. The van der Waals surface area contributed by atoms with E-state index in [9.17, 15) is 4.79 Å². The third kappa shape index (κ3) is 3.83. The number of hydrogen-bond donors (Lipinski definition) is 1. The molecule has 5 rings (SSSR count). The van der Waals surface area contributed by atoms with Crippen LogP contribution in [-0.4, -0.2) is 30.5 Å². The first-order valence-corrected chi connectivity index (χ1v) is 9.87. The van der Waals surface area contributed by atoms with Crippen molar-refractivity contribution in [1.82, 2.24) is 29.9 Å². The Labute approximate surface area is 178 Å². The lowest BCUT2D eigenvalue weighted by atomic mass is 10.1. The molecule has 0 radical (unpaired) electrons. The molecule has 0 atom stereocenters. The number of nitrogens with zero attached hydrogens (tertiary/aromatic N) is 5. The second-order valence-electron chi connectivity index (χ2n) is 7.24. The van der Waals surface area contributed by atoms with Gasteiger partial charge in [0.15, 0.2) is 5.65 Å². The first kappa shape index (κ1) is 18.8. The second-order valence-corrected chi connectivity index (χ2v) is 7.24. The molecule has 0 aliphatic rings. The molecule has 0 saturated heterocycles. The van der Waals surface area contributed by atoms with Gasteiger partial charge in [0.2, 0.25) is 0 Å². The summed E-state index contributed by atoms with van der Waals surface area (Å²) in [7, 11) is 1.84. The Kier molecular flexibility index (Phi) is 4.80. The third-order valence-electron chi connectivity index (χ3n) is 5.02. The number of carbonyl (C=O) groups excluding carboxylic acids is 1. The number of amides is 1. The van der Waals surface area contributed by atoms with Crippen LogP contribution in [0.25, 0.3) is 22.3 Å². The van der Waals surface area contributed by atoms with Crippen molar-refractivity contribution >= 4 is 16.9 Å². The van der Waals surface area contributed by atoms with Crippen molar-refractivity contribution < 1.29 is 9.21 Å². The quantitative estimate of drug-likeness (QED) is 0.462. The van der Waals surface area contributed by atoms with Crippen LogP contribution in [0.5, 0.6) is 0 Å². The highest BCUT2D eigenvalue weighted by Crippen LogP contribution is 2.25. The number of furan rings is 1. The van der Waals surface area contributed by atoms with E-state index >= 15 is 0 Å². The van der Waals surface area contributed by atoms with Crippen LogP contribution >= 0.6 is 0 Å². The Hall–Kier alpha value is -4.20. The summed E-state index contributed by atoms with van der Waals surface area (Å²) in [5, 5.41) is 12.3. The van der Waals surface area contributed by atoms with Gasteiger partial charge in [-0.25, -0.2) is 9.67 Å². The molecule has 0 fully saturated rings. The monoisotopic (exact) mass is 412 g/mol. The van der Waals surface area contributed by atoms with E-state index in [1.165, 1.54) is 0 Å². The summed E-state index contributed by atoms with van der Waals surface area (Å²) in [6.45, 7) is 0.816. The fourth-order valence-electron chi connectivity index (χ4n) is 3.50. The van der Waals surface area contributed by atoms with Crippen LogP contribution < -0.4 is 5.32 Å². The first-order chi connectivity index (χ1) is 15.2. The predicted octanol–water partition coefficient (Wildman–Crippen LogP) is 3.40. The molecule has 0 aliphatic carbocycles. The minimum absolute atomic E-state index is 0.189. The molecule has 0 aliphatic heterocycles. The molecule has 8 heteroatoms. The number of hydrogen-bond acceptors (Lipinski definition) is 5. The fraction of sp³-hybridized carbons (Fsp3) is 0.130. The SMILES string of the molecule is Cn1cc(CNC(=O)c2cc(-c3ccccc3)nc3c2cnn3Cc2ccco2)cn1. The Morgan fingerprint density at radius 3 is 2.71 bits per heavy atom. The maximum Gasteiger partial charge on any atom is 0.252 e. The van der Waals surface area contributed by atoms with Gasteiger partial charge in [-0.3, -0.25) is 9.48 Å². The molecule has 154 valence electrons. The number of pyridine rings is 1. The average Bonchev–Trinajstić information content (AvgIpc) is 3.54. The molecule has 5 aromatic rings. The molecule has 31 heavy (non-hydrogen) atoms. The van der Waals surface area contributed by atoms with Gasteiger partial charge in [-0.15, -0.1) is 0 Å². The number of rotatable bonds is 6. The van der Waals surface area contributed by atoms with Crippen molar-refractivity contribution in [2.75, 3.05) is 0 Å². The highest BCUT2D eigenvalue weighted by molar-refractivity contribution is 6.06. The molecule has 4 heterocycles. The van der Waals surface area contributed by atoms with Crippen molar-refractivity contribution in [2.24, 2.45) is 7.05 Å². The molecular formula is C23H20N6O2. The zero-order valence-corrected chi connectivity index (χ0v) is 16.9. The van der Waals surface area contributed by atoms with E-state index in [4.69, 9.17) is 9.40 Å². The zero-order chi connectivity index (χ0) is 21.2. The average molecular weight is 412 g/mol. The summed E-state index contributed by atoms with van der Waals surface area (Å²) in [6, 6.07) is 15.3. The van der Waals surface area contributed by atoms with E-state index in [1.807, 2.05) is 61.8 Å². The van der Waals surface area contributed by atoms with Gasteiger partial charge >= 0.3 is 0 Å². The minimum atomic E-state index is -0.189. The number of carbonyl (C=O) groups is 1. The minimum Gasteiger partial charge on any atom is -0.467 e. The number of fused-ring (bicyclic) bond motifs is 1. The first-order valence-electron chi connectivity index (χ1n) is 9.87. The molecule has 1 amide bonds. The molecular weight excluding hydrogens is 392 g/mol. The van der Waals surface area contributed by atoms with E-state index in [-0.39, 0.29) is 5.91 Å². The van der Waals surface area contributed by atoms with Crippen LogP contribution in [-0.2, 0) is 20.1 Å². The summed E-state index contributed by atoms with van der Waals surface area (Å²) >= 11 is 0. The van der Waals surface area contributed by atoms with Crippen LogP contribution in [0.3, 0.4) is 0 Å². The summed E-state index contributed by atoms with van der Waals surface area (Å²) in [6.07, 6.45) is 6.92. The topological polar surface area (TPSA) is 90.8 Å². The zero-order valence-electron chi connectivity index (χ0n) is 16.9. The van der Waals surface area contributed by atoms with Gasteiger partial charge in [-0.1, -0.05) is 30.3 Å². The maximum atomic E-state index is 13.1. The summed E-state index contributed by atoms with van der Waals surface area (Å²) in [4.78, 5) is 17.9. The lowest BCUT2D eigenvalue weighted by Crippen LogP contribution is -2.23. The van der Waals surface area contributed by atoms with Gasteiger partial charge in [0.05, 0.1) is 35.3 Å². The van der Waals surface area contributed by atoms with Gasteiger partial charge in [-0.05, 0) is 18.2 Å². The Morgan fingerprint density at radius 1 is 1.10 bits per heavy atom. The number of benzene rings is 1. The Morgan fingerprint density at radius 2 is 1.97 bits per heavy atom. The number of aromatic nitrogens is 5. The van der Waals surface area contributed by atoms with Crippen molar-refractivity contribution in [3.05, 3.63) is 90.3 Å². The summed E-state index contributed by atoms with van der Waals surface area (Å²) in [5.74, 6) is 0.575. The van der Waals surface area contributed by atoms with Crippen LogP contribution in [0.15, 0.2) is 77.8 Å². The van der Waals surface area contributed by atoms with E-state index in [0.29, 0.717) is 35.4 Å². The predicted molar refractivity (Wildman–Crippen MR) is 115 cm³/mol. The van der Waals surface area contributed by atoms with Crippen LogP contribution in [0.1, 0.15) is 21.7 Å². The van der Waals surface area contributed by atoms with E-state index in [1.54, 1.807) is 28.0 Å². The van der Waals surface area contributed by atoms with E-state index in [2.05, 4.69) is 15.5 Å². The molecule has 4 aromatic heterocycles. The molecule has 0 unspecified atom stereocenters. The van der Waals surface area contributed by atoms with Crippen LogP contribution in [0, 0.1) is 0 Å². The molecule has 8 nitrogen and oxygen atoms in total. The molecule has 1 aromatic carbocycles. The lowest BCUT2D eigenvalue weighted by molar-refractivity contribution is 0.0952. The van der Waals surface area contributed by atoms with Crippen LogP contribution in [0.2, 0.25) is 0 Å². The molecule has 0 spiro atoms. The fourth-order valence-corrected chi connectivity index (χ4v) is 3.50. The van der Waals surface area contributed by atoms with E-state index < -0.39 is 0 Å². The second kappa shape index (κ2) is 7.91. The molecule has 1 N–H and O–H groups in total. The highest BCUT2D eigenvalue weighted by Gasteiger charge is 2.18. The van der Waals surface area contributed by atoms with Gasteiger partial charge in [-0.2, -0.15) is 10.2 Å². The van der Waals surface area contributed by atoms with Gasteiger partial charge in [0.1, 0.15) is 12.3 Å². The van der Waals surface area contributed by atoms with Crippen molar-refractivity contribution in [3.8, 4) is 11.3 Å². The van der Waals surface area contributed by atoms with Crippen molar-refractivity contribution in [3.63, 3.8) is 0 Å². The standard InChI is InChI=1S/C23H20N6O2/c1-28-14-16(12-25-28)11-24-23(30)19-10-21(17-6-3-2-4-7-17)27-22-20(19)13-26-29(22)15-18-8-5-9-31-18/h2-10,12-14H,11,15H2,1H3,(H,24,30). The lowest BCUT2D eigenvalue weighted by Gasteiger charge is -2.09. The Bertz CT molecular complexity index is 1340. The summed E-state index contributed by atoms with van der Waals surface area (Å²) in [5.41, 5.74) is 3.72. The van der Waals surface area contributed by atoms with Crippen LogP contribution in [0.4, 0.5) is 0 Å². The molecule has 0 bridgehead atoms. The van der Waals surface area contributed by atoms with Crippen molar-refractivity contribution in [1.29, 1.82) is 0 Å². The number of aryl methyl sites for hydroxylation is 1. The number of nitrogens with one attached hydrogen (secondary N) is 1. The van der Waals surface area contributed by atoms with Crippen molar-refractivity contribution in [2.45, 2.75) is 13.1 Å². The smallest absolute Gasteiger partial charge is 0.252 e. The van der Waals surface area contributed by atoms with Gasteiger partial charge in [0.25, 0.3) is 5.91 Å². The highest BCUT2D eigenvalue weighted by atomic mass is 16.3. The van der Waals surface area contributed by atoms with E-state index in [0.717, 1.165) is 16.9 Å². The van der Waals surface area contributed by atoms with Gasteiger partial charge < -0.3 is 9.73 Å².